The third kappa shape index (κ3) is 3.44. The van der Waals surface area contributed by atoms with Gasteiger partial charge in [-0.05, 0) is 30.2 Å². The van der Waals surface area contributed by atoms with Gasteiger partial charge < -0.3 is 19.6 Å². The van der Waals surface area contributed by atoms with Crippen molar-refractivity contribution >= 4 is 16.9 Å². The Morgan fingerprint density at radius 3 is 2.58 bits per heavy atom. The predicted molar refractivity (Wildman–Crippen MR) is 97.6 cm³/mol. The van der Waals surface area contributed by atoms with E-state index in [1.54, 1.807) is 12.1 Å². The SMILES string of the molecule is COC=C(Oc1ccc2c(-c3ccccc3C)cc(=O)oc2c1)C(N)=O. The lowest BCUT2D eigenvalue weighted by atomic mass is 9.98. The molecule has 0 unspecified atom stereocenters. The highest BCUT2D eigenvalue weighted by Gasteiger charge is 2.13. The minimum atomic E-state index is -0.776. The number of amides is 1. The minimum absolute atomic E-state index is 0.163. The van der Waals surface area contributed by atoms with Crippen LogP contribution in [0.2, 0.25) is 0 Å². The highest BCUT2D eigenvalue weighted by atomic mass is 16.5. The van der Waals surface area contributed by atoms with Gasteiger partial charge in [-0.3, -0.25) is 4.79 Å². The van der Waals surface area contributed by atoms with Gasteiger partial charge in [0.2, 0.25) is 5.76 Å². The van der Waals surface area contributed by atoms with Gasteiger partial charge in [-0.2, -0.15) is 0 Å². The molecule has 6 heteroatoms. The number of carbonyl (C=O) groups is 1. The van der Waals surface area contributed by atoms with Crippen molar-refractivity contribution in [3.05, 3.63) is 76.5 Å². The molecule has 0 bridgehead atoms. The smallest absolute Gasteiger partial charge is 0.336 e. The summed E-state index contributed by atoms with van der Waals surface area (Å²) in [5.74, 6) is -0.643. The first-order chi connectivity index (χ1) is 12.5. The van der Waals surface area contributed by atoms with Crippen LogP contribution >= 0.6 is 0 Å². The van der Waals surface area contributed by atoms with Gasteiger partial charge in [-0.15, -0.1) is 0 Å². The lowest BCUT2D eigenvalue weighted by molar-refractivity contribution is -0.116. The van der Waals surface area contributed by atoms with E-state index in [0.29, 0.717) is 11.3 Å². The second kappa shape index (κ2) is 7.14. The molecule has 0 saturated heterocycles. The number of hydrogen-bond donors (Lipinski definition) is 1. The number of methoxy groups -OCH3 is 1. The van der Waals surface area contributed by atoms with E-state index in [1.807, 2.05) is 31.2 Å². The average molecular weight is 351 g/mol. The molecule has 0 fully saturated rings. The average Bonchev–Trinajstić information content (AvgIpc) is 2.60. The van der Waals surface area contributed by atoms with Crippen LogP contribution in [0.4, 0.5) is 0 Å². The van der Waals surface area contributed by atoms with Crippen LogP contribution in [0.5, 0.6) is 5.75 Å². The number of primary amides is 1. The second-order valence-corrected chi connectivity index (χ2v) is 5.64. The molecule has 26 heavy (non-hydrogen) atoms. The number of hydrogen-bond acceptors (Lipinski definition) is 5. The molecule has 1 heterocycles. The molecule has 2 aromatic carbocycles. The largest absolute Gasteiger partial charge is 0.500 e. The van der Waals surface area contributed by atoms with E-state index < -0.39 is 11.5 Å². The van der Waals surface area contributed by atoms with E-state index in [9.17, 15) is 9.59 Å². The molecule has 0 atom stereocenters. The number of aryl methyl sites for hydroxylation is 1. The highest BCUT2D eigenvalue weighted by molar-refractivity contribution is 5.95. The van der Waals surface area contributed by atoms with Crippen LogP contribution in [0.1, 0.15) is 5.56 Å². The van der Waals surface area contributed by atoms with Gasteiger partial charge >= 0.3 is 5.63 Å². The molecule has 6 nitrogen and oxygen atoms in total. The van der Waals surface area contributed by atoms with Crippen molar-refractivity contribution in [3.63, 3.8) is 0 Å². The number of carbonyl (C=O) groups excluding carboxylic acids is 1. The van der Waals surface area contributed by atoms with E-state index in [-0.39, 0.29) is 5.76 Å². The van der Waals surface area contributed by atoms with E-state index in [0.717, 1.165) is 28.3 Å². The van der Waals surface area contributed by atoms with Gasteiger partial charge in [0, 0.05) is 23.1 Å². The Bertz CT molecular complexity index is 1070. The van der Waals surface area contributed by atoms with Crippen LogP contribution in [-0.4, -0.2) is 13.0 Å². The molecule has 132 valence electrons. The predicted octanol–water partition coefficient (Wildman–Crippen LogP) is 3.12. The van der Waals surface area contributed by atoms with Crippen LogP contribution < -0.4 is 16.1 Å². The molecule has 0 aliphatic heterocycles. The molecule has 3 aromatic rings. The Labute approximate surface area is 149 Å². The zero-order chi connectivity index (χ0) is 18.7. The number of ether oxygens (including phenoxy) is 2. The van der Waals surface area contributed by atoms with Crippen molar-refractivity contribution in [3.8, 4) is 16.9 Å². The first-order valence-electron chi connectivity index (χ1n) is 7.84. The van der Waals surface area contributed by atoms with Crippen LogP contribution in [0, 0.1) is 6.92 Å². The van der Waals surface area contributed by atoms with Gasteiger partial charge in [0.1, 0.15) is 17.6 Å². The van der Waals surface area contributed by atoms with Crippen LogP contribution in [0.25, 0.3) is 22.1 Å². The third-order valence-electron chi connectivity index (χ3n) is 3.85. The van der Waals surface area contributed by atoms with Crippen LogP contribution in [-0.2, 0) is 9.53 Å². The molecule has 1 aromatic heterocycles. The van der Waals surface area contributed by atoms with Gasteiger partial charge in [0.15, 0.2) is 0 Å². The monoisotopic (exact) mass is 351 g/mol. The summed E-state index contributed by atoms with van der Waals surface area (Å²) in [6, 6.07) is 14.2. The van der Waals surface area contributed by atoms with E-state index in [1.165, 1.54) is 19.2 Å². The van der Waals surface area contributed by atoms with Crippen LogP contribution in [0.15, 0.2) is 69.8 Å². The molecule has 1 amide bonds. The molecular weight excluding hydrogens is 334 g/mol. The Hall–Kier alpha value is -3.54. The number of rotatable bonds is 5. The molecule has 0 aliphatic carbocycles. The first-order valence-corrected chi connectivity index (χ1v) is 7.84. The minimum Gasteiger partial charge on any atom is -0.500 e. The summed E-state index contributed by atoms with van der Waals surface area (Å²) < 4.78 is 15.5. The third-order valence-corrected chi connectivity index (χ3v) is 3.85. The molecule has 3 rings (SSSR count). The van der Waals surface area contributed by atoms with Crippen molar-refractivity contribution in [2.75, 3.05) is 7.11 Å². The molecule has 0 saturated carbocycles. The fourth-order valence-corrected chi connectivity index (χ4v) is 2.67. The fraction of sp³-hybridized carbons (Fsp3) is 0.100. The summed E-state index contributed by atoms with van der Waals surface area (Å²) >= 11 is 0. The van der Waals surface area contributed by atoms with Gasteiger partial charge in [-0.25, -0.2) is 4.79 Å². The van der Waals surface area contributed by atoms with Gasteiger partial charge in [-0.1, -0.05) is 24.3 Å². The van der Waals surface area contributed by atoms with E-state index >= 15 is 0 Å². The van der Waals surface area contributed by atoms with E-state index in [2.05, 4.69) is 0 Å². The summed E-state index contributed by atoms with van der Waals surface area (Å²) in [7, 11) is 1.38. The number of nitrogens with two attached hydrogens (primary N) is 1. The van der Waals surface area contributed by atoms with Gasteiger partial charge in [0.05, 0.1) is 7.11 Å². The Morgan fingerprint density at radius 2 is 1.88 bits per heavy atom. The first kappa shape index (κ1) is 17.3. The quantitative estimate of drug-likeness (QED) is 0.433. The summed E-state index contributed by atoms with van der Waals surface area (Å²) in [5.41, 5.74) is 7.85. The fourth-order valence-electron chi connectivity index (χ4n) is 2.67. The summed E-state index contributed by atoms with van der Waals surface area (Å²) in [5, 5.41) is 0.752. The summed E-state index contributed by atoms with van der Waals surface area (Å²) in [6.07, 6.45) is 1.10. The van der Waals surface area contributed by atoms with Crippen molar-refractivity contribution < 1.29 is 18.7 Å². The molecule has 0 spiro atoms. The molecule has 0 aliphatic rings. The molecular formula is C20H17NO5. The Kier molecular flexibility index (Phi) is 4.75. The zero-order valence-electron chi connectivity index (χ0n) is 14.3. The number of benzene rings is 2. The van der Waals surface area contributed by atoms with Crippen molar-refractivity contribution in [1.82, 2.24) is 0 Å². The maximum Gasteiger partial charge on any atom is 0.336 e. The second-order valence-electron chi connectivity index (χ2n) is 5.64. The van der Waals surface area contributed by atoms with Crippen molar-refractivity contribution in [1.29, 1.82) is 0 Å². The number of fused-ring (bicyclic) bond motifs is 1. The van der Waals surface area contributed by atoms with Gasteiger partial charge in [0.25, 0.3) is 5.91 Å². The molecule has 2 N–H and O–H groups in total. The molecule has 0 radical (unpaired) electrons. The Morgan fingerprint density at radius 1 is 1.12 bits per heavy atom. The maximum absolute atomic E-state index is 12.0. The lowest BCUT2D eigenvalue weighted by Gasteiger charge is -2.10. The highest BCUT2D eigenvalue weighted by Crippen LogP contribution is 2.31. The topological polar surface area (TPSA) is 91.8 Å². The summed E-state index contributed by atoms with van der Waals surface area (Å²) in [6.45, 7) is 1.97. The van der Waals surface area contributed by atoms with Crippen molar-refractivity contribution in [2.45, 2.75) is 6.92 Å². The standard InChI is InChI=1S/C20H17NO5/c1-12-5-3-4-6-14(12)16-10-19(22)26-17-9-13(7-8-15(16)17)25-18(11-24-2)20(21)23/h3-11H,1-2H3,(H2,21,23). The lowest BCUT2D eigenvalue weighted by Crippen LogP contribution is -2.18. The zero-order valence-corrected chi connectivity index (χ0v) is 14.3. The summed E-state index contributed by atoms with van der Waals surface area (Å²) in [4.78, 5) is 23.4. The Balaban J connectivity index is 2.12. The normalized spacial score (nSPS) is 11.4. The van der Waals surface area contributed by atoms with Crippen LogP contribution in [0.3, 0.4) is 0 Å². The maximum atomic E-state index is 12.0. The van der Waals surface area contributed by atoms with Crippen molar-refractivity contribution in [2.24, 2.45) is 5.73 Å². The van der Waals surface area contributed by atoms with E-state index in [4.69, 9.17) is 19.6 Å².